The largest absolute Gasteiger partial charge is 0.493 e. The Labute approximate surface area is 242 Å². The first-order valence-corrected chi connectivity index (χ1v) is 13.8. The summed E-state index contributed by atoms with van der Waals surface area (Å²) in [5.41, 5.74) is 2.26. The molecule has 0 spiro atoms. The maximum Gasteiger partial charge on any atom is 0.266 e. The smallest absolute Gasteiger partial charge is 0.266 e. The molecule has 2 aromatic carbocycles. The van der Waals surface area contributed by atoms with Gasteiger partial charge in [-0.25, -0.2) is 4.39 Å². The molecule has 1 aromatic heterocycles. The fourth-order valence-corrected chi connectivity index (χ4v) is 6.10. The maximum absolute atomic E-state index is 13.1. The Bertz CT molecular complexity index is 1540. The lowest BCUT2D eigenvalue weighted by atomic mass is 9.96. The van der Waals surface area contributed by atoms with Crippen LogP contribution in [0.25, 0.3) is 6.08 Å². The van der Waals surface area contributed by atoms with Crippen LogP contribution in [0.2, 0.25) is 0 Å². The minimum atomic E-state index is -0.612. The van der Waals surface area contributed by atoms with E-state index in [0.29, 0.717) is 36.9 Å². The second-order valence-corrected chi connectivity index (χ2v) is 10.8. The highest BCUT2D eigenvalue weighted by Gasteiger charge is 2.23. The number of hydrogen-bond acceptors (Lipinski definition) is 7. The van der Waals surface area contributed by atoms with Crippen molar-refractivity contribution in [2.24, 2.45) is 0 Å². The number of fused-ring (bicyclic) bond motifs is 1. The van der Waals surface area contributed by atoms with Crippen LogP contribution in [0.4, 0.5) is 15.1 Å². The molecule has 0 aliphatic heterocycles. The average molecular weight is 656 g/mol. The number of rotatable bonds is 8. The highest BCUT2D eigenvalue weighted by atomic mass is 127. The number of ether oxygens (including phenoxy) is 2. The summed E-state index contributed by atoms with van der Waals surface area (Å²) in [4.78, 5) is 26.3. The lowest BCUT2D eigenvalue weighted by Crippen LogP contribution is -2.20. The molecule has 4 rings (SSSR count). The molecule has 3 aromatic rings. The van der Waals surface area contributed by atoms with E-state index in [1.165, 1.54) is 48.8 Å². The molecule has 0 unspecified atom stereocenters. The highest BCUT2D eigenvalue weighted by Crippen LogP contribution is 2.38. The number of anilines is 2. The number of amides is 2. The fraction of sp³-hybridized carbons (Fsp3) is 0.214. The molecule has 0 saturated heterocycles. The Morgan fingerprint density at radius 2 is 1.90 bits per heavy atom. The second kappa shape index (κ2) is 12.7. The summed E-state index contributed by atoms with van der Waals surface area (Å²) >= 11 is 3.40. The van der Waals surface area contributed by atoms with Crippen molar-refractivity contribution in [1.29, 1.82) is 10.5 Å². The van der Waals surface area contributed by atoms with Gasteiger partial charge in [-0.05, 0) is 102 Å². The summed E-state index contributed by atoms with van der Waals surface area (Å²) in [6.45, 7) is -0.323. The van der Waals surface area contributed by atoms with Gasteiger partial charge in [0.25, 0.3) is 11.8 Å². The van der Waals surface area contributed by atoms with Crippen LogP contribution < -0.4 is 20.1 Å². The first-order chi connectivity index (χ1) is 18.8. The third kappa shape index (κ3) is 6.74. The summed E-state index contributed by atoms with van der Waals surface area (Å²) in [6, 6.07) is 12.8. The van der Waals surface area contributed by atoms with Crippen molar-refractivity contribution in [1.82, 2.24) is 0 Å². The van der Waals surface area contributed by atoms with Crippen LogP contribution in [0.3, 0.4) is 0 Å². The number of nitrogens with zero attached hydrogens (tertiary/aromatic N) is 2. The first kappa shape index (κ1) is 28.1. The molecule has 8 nitrogen and oxygen atoms in total. The van der Waals surface area contributed by atoms with Gasteiger partial charge in [-0.2, -0.15) is 10.5 Å². The highest BCUT2D eigenvalue weighted by molar-refractivity contribution is 14.1. The van der Waals surface area contributed by atoms with E-state index < -0.39 is 17.6 Å². The maximum atomic E-state index is 13.1. The number of carbonyl (C=O) groups is 2. The molecule has 198 valence electrons. The molecule has 1 aliphatic carbocycles. The lowest BCUT2D eigenvalue weighted by Gasteiger charge is -2.14. The Morgan fingerprint density at radius 1 is 1.15 bits per heavy atom. The number of carbonyl (C=O) groups excluding carboxylic acids is 2. The Morgan fingerprint density at radius 3 is 2.59 bits per heavy atom. The predicted octanol–water partition coefficient (Wildman–Crippen LogP) is 5.81. The molecule has 2 N–H and O–H groups in total. The molecule has 11 heteroatoms. The van der Waals surface area contributed by atoms with E-state index in [1.807, 2.05) is 28.7 Å². The number of thiophene rings is 1. The van der Waals surface area contributed by atoms with Crippen LogP contribution in [-0.4, -0.2) is 25.5 Å². The van der Waals surface area contributed by atoms with E-state index in [2.05, 4.69) is 16.7 Å². The van der Waals surface area contributed by atoms with Gasteiger partial charge in [0.2, 0.25) is 0 Å². The van der Waals surface area contributed by atoms with Gasteiger partial charge < -0.3 is 20.1 Å². The quantitative estimate of drug-likeness (QED) is 0.179. The lowest BCUT2D eigenvalue weighted by molar-refractivity contribution is -0.118. The molecule has 0 saturated carbocycles. The zero-order valence-electron chi connectivity index (χ0n) is 20.8. The van der Waals surface area contributed by atoms with E-state index in [-0.39, 0.29) is 12.2 Å². The van der Waals surface area contributed by atoms with Crippen LogP contribution in [0.5, 0.6) is 11.5 Å². The van der Waals surface area contributed by atoms with Crippen LogP contribution in [-0.2, 0) is 22.4 Å². The van der Waals surface area contributed by atoms with Gasteiger partial charge >= 0.3 is 0 Å². The number of aryl methyl sites for hydroxylation is 1. The van der Waals surface area contributed by atoms with Crippen molar-refractivity contribution in [2.75, 3.05) is 24.4 Å². The standard InChI is InChI=1S/C28H22FIN4O4S/c1-37-23-12-16(11-22(30)26(23)38-15-25(35)33-19-8-6-18(29)7-9-19)10-17(13-31)27(36)34-28-21(14-32)20-4-2-3-5-24(20)39-28/h6-12H,2-5,15H2,1H3,(H,33,35)(H,34,36)/b17-10+. The normalized spacial score (nSPS) is 12.5. The SMILES string of the molecule is COc1cc(/C=C(\C#N)C(=O)Nc2sc3c(c2C#N)CCCC3)cc(I)c1OCC(=O)Nc1ccc(F)cc1. The van der Waals surface area contributed by atoms with Gasteiger partial charge in [0.05, 0.1) is 16.2 Å². The molecular formula is C28H22FIN4O4S. The molecular weight excluding hydrogens is 634 g/mol. The zero-order valence-corrected chi connectivity index (χ0v) is 23.7. The summed E-state index contributed by atoms with van der Waals surface area (Å²) < 4.78 is 24.8. The zero-order chi connectivity index (χ0) is 27.9. The summed E-state index contributed by atoms with van der Waals surface area (Å²) in [5.74, 6) is -0.849. The van der Waals surface area contributed by atoms with Gasteiger partial charge in [0.1, 0.15) is 28.5 Å². The van der Waals surface area contributed by atoms with Gasteiger partial charge in [0.15, 0.2) is 18.1 Å². The Hall–Kier alpha value is -3.94. The van der Waals surface area contributed by atoms with Crippen molar-refractivity contribution in [2.45, 2.75) is 25.7 Å². The van der Waals surface area contributed by atoms with E-state index in [4.69, 9.17) is 9.47 Å². The molecule has 0 bridgehead atoms. The fourth-order valence-electron chi connectivity index (χ4n) is 4.09. The second-order valence-electron chi connectivity index (χ2n) is 8.53. The third-order valence-corrected chi connectivity index (χ3v) is 7.92. The number of halogens is 2. The molecule has 0 atom stereocenters. The van der Waals surface area contributed by atoms with Crippen LogP contribution >= 0.6 is 33.9 Å². The summed E-state index contributed by atoms with van der Waals surface area (Å²) in [6.07, 6.45) is 5.17. The number of nitriles is 2. The average Bonchev–Trinajstić information content (AvgIpc) is 3.28. The van der Waals surface area contributed by atoms with Crippen molar-refractivity contribution in [3.8, 4) is 23.6 Å². The Kier molecular flexibility index (Phi) is 9.17. The monoisotopic (exact) mass is 656 g/mol. The van der Waals surface area contributed by atoms with Gasteiger partial charge in [-0.3, -0.25) is 9.59 Å². The number of methoxy groups -OCH3 is 1. The van der Waals surface area contributed by atoms with E-state index in [9.17, 15) is 24.5 Å². The first-order valence-electron chi connectivity index (χ1n) is 11.9. The minimum absolute atomic E-state index is 0.143. The molecule has 0 radical (unpaired) electrons. The van der Waals surface area contributed by atoms with E-state index in [0.717, 1.165) is 36.1 Å². The number of nitrogens with one attached hydrogen (secondary N) is 2. The van der Waals surface area contributed by atoms with E-state index in [1.54, 1.807) is 12.1 Å². The topological polar surface area (TPSA) is 124 Å². The third-order valence-electron chi connectivity index (χ3n) is 5.91. The van der Waals surface area contributed by atoms with Crippen molar-refractivity contribution < 1.29 is 23.5 Å². The minimum Gasteiger partial charge on any atom is -0.493 e. The van der Waals surface area contributed by atoms with Gasteiger partial charge in [-0.1, -0.05) is 0 Å². The van der Waals surface area contributed by atoms with Gasteiger partial charge in [0, 0.05) is 10.6 Å². The Balaban J connectivity index is 1.49. The van der Waals surface area contributed by atoms with E-state index >= 15 is 0 Å². The van der Waals surface area contributed by atoms with Crippen LogP contribution in [0.1, 0.15) is 34.4 Å². The summed E-state index contributed by atoms with van der Waals surface area (Å²) in [5, 5.41) is 25.2. The number of benzene rings is 2. The number of hydrogen-bond donors (Lipinski definition) is 2. The van der Waals surface area contributed by atoms with Crippen molar-refractivity contribution >= 4 is 62.5 Å². The predicted molar refractivity (Wildman–Crippen MR) is 154 cm³/mol. The molecule has 1 aliphatic rings. The van der Waals surface area contributed by atoms with Gasteiger partial charge in [-0.15, -0.1) is 11.3 Å². The van der Waals surface area contributed by atoms with Crippen molar-refractivity contribution in [3.05, 3.63) is 72.9 Å². The molecule has 39 heavy (non-hydrogen) atoms. The van der Waals surface area contributed by atoms with Crippen molar-refractivity contribution in [3.63, 3.8) is 0 Å². The van der Waals surface area contributed by atoms with Crippen LogP contribution in [0, 0.1) is 32.0 Å². The molecule has 1 heterocycles. The van der Waals surface area contributed by atoms with Crippen LogP contribution in [0.15, 0.2) is 42.0 Å². The summed E-state index contributed by atoms with van der Waals surface area (Å²) in [7, 11) is 1.43. The molecule has 0 fully saturated rings. The molecule has 2 amide bonds.